The summed E-state index contributed by atoms with van der Waals surface area (Å²) >= 11 is 16.5. The molecule has 1 N–H and O–H groups in total. The molecule has 0 heterocycles. The lowest BCUT2D eigenvalue weighted by Gasteiger charge is -2.24. The van der Waals surface area contributed by atoms with Crippen molar-refractivity contribution in [3.8, 4) is 11.6 Å². The Morgan fingerprint density at radius 3 is 2.12 bits per heavy atom. The molecule has 0 bridgehead atoms. The van der Waals surface area contributed by atoms with Crippen molar-refractivity contribution in [2.75, 3.05) is 6.61 Å². The molecule has 0 fully saturated rings. The van der Waals surface area contributed by atoms with Gasteiger partial charge in [-0.1, -0.05) is 40.7 Å². The molecule has 7 heteroatoms. The summed E-state index contributed by atoms with van der Waals surface area (Å²) in [5.74, 6) is 0.958. The Morgan fingerprint density at radius 2 is 1.82 bits per heavy atom. The van der Waals surface area contributed by atoms with E-state index in [1.54, 1.807) is 6.92 Å². The summed E-state index contributed by atoms with van der Waals surface area (Å²) in [6, 6.07) is 0. The van der Waals surface area contributed by atoms with E-state index in [1.807, 2.05) is 20.8 Å². The van der Waals surface area contributed by atoms with Crippen molar-refractivity contribution in [2.24, 2.45) is 5.41 Å². The van der Waals surface area contributed by atoms with Gasteiger partial charge in [0.1, 0.15) is 0 Å². The molecule has 0 amide bonds. The van der Waals surface area contributed by atoms with E-state index in [1.165, 1.54) is 0 Å². The number of hydrogen-bond donors (Lipinski definition) is 1. The number of aliphatic hydroxyl groups excluding tert-OH is 1. The third kappa shape index (κ3) is 6.34. The van der Waals surface area contributed by atoms with E-state index in [0.29, 0.717) is 0 Å². The molecular weight excluding hydrogens is 305 g/mol. The zero-order chi connectivity index (χ0) is 13.9. The monoisotopic (exact) mass is 320 g/mol. The lowest BCUT2D eigenvalue weighted by Crippen LogP contribution is -2.25. The van der Waals surface area contributed by atoms with E-state index in [9.17, 15) is 9.67 Å². The molecular formula is C10H16Cl3O3P. The molecule has 0 saturated heterocycles. The molecule has 0 rings (SSSR count). The molecule has 0 aromatic rings. The number of rotatable bonds is 3. The first kappa shape index (κ1) is 17.6. The molecule has 0 unspecified atom stereocenters. The van der Waals surface area contributed by atoms with Crippen LogP contribution in [0.2, 0.25) is 0 Å². The Bertz CT molecular complexity index is 360. The van der Waals surface area contributed by atoms with Crippen molar-refractivity contribution in [2.45, 2.75) is 37.3 Å². The summed E-state index contributed by atoms with van der Waals surface area (Å²) in [5, 5.41) is 9.75. The van der Waals surface area contributed by atoms with Gasteiger partial charge in [-0.05, 0) is 33.4 Å². The Hall–Kier alpha value is 0.580. The average molecular weight is 322 g/mol. The number of aliphatic hydroxyl groups is 1. The van der Waals surface area contributed by atoms with Crippen molar-refractivity contribution in [3.63, 3.8) is 0 Å². The van der Waals surface area contributed by atoms with Gasteiger partial charge in [0.25, 0.3) is 0 Å². The van der Waals surface area contributed by atoms with E-state index in [2.05, 4.69) is 11.6 Å². The highest BCUT2D eigenvalue weighted by Gasteiger charge is 2.45. The summed E-state index contributed by atoms with van der Waals surface area (Å²) in [7, 11) is -3.73. The maximum atomic E-state index is 12.3. The van der Waals surface area contributed by atoms with E-state index < -0.39 is 17.0 Å². The number of hydrogen-bond acceptors (Lipinski definition) is 3. The van der Waals surface area contributed by atoms with Crippen molar-refractivity contribution in [3.05, 3.63) is 0 Å². The van der Waals surface area contributed by atoms with Crippen LogP contribution in [0.4, 0.5) is 0 Å². The predicted molar refractivity (Wildman–Crippen MR) is 72.8 cm³/mol. The number of alkyl halides is 3. The molecule has 3 nitrogen and oxygen atoms in total. The zero-order valence-electron chi connectivity index (χ0n) is 10.1. The summed E-state index contributed by atoms with van der Waals surface area (Å²) in [5.41, 5.74) is 2.03. The third-order valence-electron chi connectivity index (χ3n) is 1.52. The smallest absolute Gasteiger partial charge is 0.305 e. The van der Waals surface area contributed by atoms with Crippen molar-refractivity contribution in [1.29, 1.82) is 0 Å². The van der Waals surface area contributed by atoms with E-state index >= 15 is 0 Å². The normalized spacial score (nSPS) is 17.9. The van der Waals surface area contributed by atoms with E-state index in [0.717, 1.165) is 0 Å². The van der Waals surface area contributed by atoms with Gasteiger partial charge in [0.15, 0.2) is 5.85 Å². The van der Waals surface area contributed by atoms with Gasteiger partial charge in [0, 0.05) is 5.41 Å². The van der Waals surface area contributed by atoms with Crippen LogP contribution in [0.1, 0.15) is 27.7 Å². The standard InChI is InChI=1S/C10H16Cl3O3P/c1-5-16-17(15,7-6-9(2,3)4)8(14)10(11,12)13/h8,14H,5H2,1-4H3/t8-,17+/m1/s1. The van der Waals surface area contributed by atoms with Gasteiger partial charge < -0.3 is 9.63 Å². The molecule has 0 aromatic carbocycles. The molecule has 100 valence electrons. The molecule has 2 atom stereocenters. The van der Waals surface area contributed by atoms with Crippen LogP contribution in [0, 0.1) is 17.0 Å². The van der Waals surface area contributed by atoms with Gasteiger partial charge in [-0.2, -0.15) is 0 Å². The van der Waals surface area contributed by atoms with Crippen LogP contribution in [0.3, 0.4) is 0 Å². The fourth-order valence-corrected chi connectivity index (χ4v) is 3.54. The van der Waals surface area contributed by atoms with Crippen LogP contribution in [-0.2, 0) is 9.09 Å². The highest BCUT2D eigenvalue weighted by atomic mass is 35.6. The van der Waals surface area contributed by atoms with Crippen LogP contribution < -0.4 is 0 Å². The van der Waals surface area contributed by atoms with Crippen molar-refractivity contribution >= 4 is 42.2 Å². The van der Waals surface area contributed by atoms with Gasteiger partial charge in [-0.25, -0.2) is 0 Å². The lowest BCUT2D eigenvalue weighted by atomic mass is 9.99. The maximum absolute atomic E-state index is 12.3. The topological polar surface area (TPSA) is 46.5 Å². The minimum atomic E-state index is -3.73. The molecule has 0 aromatic heterocycles. The van der Waals surface area contributed by atoms with Gasteiger partial charge in [-0.3, -0.25) is 4.57 Å². The number of halogens is 3. The summed E-state index contributed by atoms with van der Waals surface area (Å²) in [4.78, 5) is 0. The molecule has 0 aliphatic rings. The zero-order valence-corrected chi connectivity index (χ0v) is 13.3. The molecule has 0 aliphatic carbocycles. The van der Waals surface area contributed by atoms with Gasteiger partial charge >= 0.3 is 7.37 Å². The quantitative estimate of drug-likeness (QED) is 0.485. The molecule has 17 heavy (non-hydrogen) atoms. The highest BCUT2D eigenvalue weighted by molar-refractivity contribution is 7.65. The fraction of sp³-hybridized carbons (Fsp3) is 0.800. The van der Waals surface area contributed by atoms with Gasteiger partial charge in [0.05, 0.1) is 6.61 Å². The van der Waals surface area contributed by atoms with Gasteiger partial charge in [-0.15, -0.1) is 0 Å². The van der Waals surface area contributed by atoms with Crippen LogP contribution in [0.15, 0.2) is 0 Å². The van der Waals surface area contributed by atoms with Crippen LogP contribution in [0.25, 0.3) is 0 Å². The fourth-order valence-electron chi connectivity index (χ4n) is 0.794. The summed E-state index contributed by atoms with van der Waals surface area (Å²) in [6.07, 6.45) is 0. The van der Waals surface area contributed by atoms with E-state index in [4.69, 9.17) is 39.3 Å². The SMILES string of the molecule is CCO[P@@](=O)(C#CC(C)(C)C)[C@@H](O)C(Cl)(Cl)Cl. The summed E-state index contributed by atoms with van der Waals surface area (Å²) < 4.78 is 15.2. The Kier molecular flexibility index (Phi) is 6.36. The second kappa shape index (κ2) is 6.15. The molecule has 0 saturated carbocycles. The minimum Gasteiger partial charge on any atom is -0.378 e. The van der Waals surface area contributed by atoms with Crippen molar-refractivity contribution < 1.29 is 14.2 Å². The van der Waals surface area contributed by atoms with Crippen LogP contribution in [0.5, 0.6) is 0 Å². The van der Waals surface area contributed by atoms with Crippen LogP contribution in [-0.4, -0.2) is 21.4 Å². The molecule has 0 spiro atoms. The predicted octanol–water partition coefficient (Wildman–Crippen LogP) is 4.00. The Labute approximate surface area is 117 Å². The largest absolute Gasteiger partial charge is 0.378 e. The highest BCUT2D eigenvalue weighted by Crippen LogP contribution is 2.57. The first-order valence-electron chi connectivity index (χ1n) is 4.96. The lowest BCUT2D eigenvalue weighted by molar-refractivity contribution is 0.218. The molecule has 0 radical (unpaired) electrons. The minimum absolute atomic E-state index is 0.105. The third-order valence-corrected chi connectivity index (χ3v) is 4.70. The summed E-state index contributed by atoms with van der Waals surface area (Å²) in [6.45, 7) is 7.22. The maximum Gasteiger partial charge on any atom is 0.305 e. The first-order valence-corrected chi connectivity index (χ1v) is 7.78. The molecule has 0 aliphatic heterocycles. The second-order valence-electron chi connectivity index (χ2n) is 4.42. The van der Waals surface area contributed by atoms with Gasteiger partial charge in [0.2, 0.25) is 3.79 Å². The Morgan fingerprint density at radius 1 is 1.35 bits per heavy atom. The Balaban J connectivity index is 5.31. The van der Waals surface area contributed by atoms with E-state index in [-0.39, 0.29) is 12.0 Å². The average Bonchev–Trinajstić information content (AvgIpc) is 2.12. The van der Waals surface area contributed by atoms with Crippen LogP contribution >= 0.6 is 42.2 Å². The second-order valence-corrected chi connectivity index (χ2v) is 8.95. The van der Waals surface area contributed by atoms with Crippen molar-refractivity contribution in [1.82, 2.24) is 0 Å². The first-order chi connectivity index (χ1) is 7.42.